The van der Waals surface area contributed by atoms with Crippen molar-refractivity contribution in [1.29, 1.82) is 0 Å². The Labute approximate surface area is 105 Å². The first kappa shape index (κ1) is 11.3. The first-order valence-corrected chi connectivity index (χ1v) is 6.27. The van der Waals surface area contributed by atoms with Crippen molar-refractivity contribution in [2.75, 3.05) is 0 Å². The zero-order valence-corrected chi connectivity index (χ0v) is 10.9. The van der Waals surface area contributed by atoms with Gasteiger partial charge in [0.25, 0.3) is 5.91 Å². The van der Waals surface area contributed by atoms with Crippen molar-refractivity contribution in [2.45, 2.75) is 13.5 Å². The molecular weight excluding hydrogens is 292 g/mol. The van der Waals surface area contributed by atoms with E-state index in [4.69, 9.17) is 4.52 Å². The van der Waals surface area contributed by atoms with E-state index in [1.165, 1.54) is 6.20 Å². The first-order valence-electron chi connectivity index (χ1n) is 4.60. The van der Waals surface area contributed by atoms with Gasteiger partial charge in [0.2, 0.25) is 0 Å². The standard InChI is InChI=1S/C10H9BrN2O2S/c1-6-7(4-13-15-6)10(14)12-5-9-8(11)2-3-16-9/h2-4H,5H2,1H3,(H,12,14). The molecule has 2 aromatic rings. The summed E-state index contributed by atoms with van der Waals surface area (Å²) in [6.07, 6.45) is 1.42. The van der Waals surface area contributed by atoms with E-state index in [0.29, 0.717) is 17.9 Å². The van der Waals surface area contributed by atoms with E-state index < -0.39 is 0 Å². The zero-order valence-electron chi connectivity index (χ0n) is 8.49. The number of nitrogens with zero attached hydrogens (tertiary/aromatic N) is 1. The van der Waals surface area contributed by atoms with Crippen LogP contribution in [0.5, 0.6) is 0 Å². The molecule has 4 nitrogen and oxygen atoms in total. The maximum Gasteiger partial charge on any atom is 0.256 e. The number of nitrogens with one attached hydrogen (secondary N) is 1. The monoisotopic (exact) mass is 300 g/mol. The molecule has 0 spiro atoms. The molecule has 6 heteroatoms. The highest BCUT2D eigenvalue weighted by Gasteiger charge is 2.12. The van der Waals surface area contributed by atoms with E-state index in [2.05, 4.69) is 26.4 Å². The third kappa shape index (κ3) is 2.33. The van der Waals surface area contributed by atoms with Crippen LogP contribution in [-0.2, 0) is 6.54 Å². The number of carbonyl (C=O) groups excluding carboxylic acids is 1. The Bertz CT molecular complexity index is 506. The highest BCUT2D eigenvalue weighted by molar-refractivity contribution is 9.10. The summed E-state index contributed by atoms with van der Waals surface area (Å²) in [4.78, 5) is 12.8. The summed E-state index contributed by atoms with van der Waals surface area (Å²) in [5.41, 5.74) is 0.479. The van der Waals surface area contributed by atoms with E-state index in [-0.39, 0.29) is 5.91 Å². The molecule has 2 rings (SSSR count). The summed E-state index contributed by atoms with van der Waals surface area (Å²) >= 11 is 5.00. The molecule has 84 valence electrons. The summed E-state index contributed by atoms with van der Waals surface area (Å²) in [5.74, 6) is 0.363. The lowest BCUT2D eigenvalue weighted by atomic mass is 10.2. The fourth-order valence-corrected chi connectivity index (χ4v) is 2.66. The fraction of sp³-hybridized carbons (Fsp3) is 0.200. The summed E-state index contributed by atoms with van der Waals surface area (Å²) in [5, 5.41) is 8.34. The van der Waals surface area contributed by atoms with Crippen molar-refractivity contribution in [3.05, 3.63) is 38.3 Å². The average Bonchev–Trinajstić information content (AvgIpc) is 2.84. The molecule has 2 aromatic heterocycles. The molecule has 0 saturated carbocycles. The van der Waals surface area contributed by atoms with Gasteiger partial charge >= 0.3 is 0 Å². The molecule has 0 aliphatic heterocycles. The van der Waals surface area contributed by atoms with Gasteiger partial charge in [-0.15, -0.1) is 11.3 Å². The van der Waals surface area contributed by atoms with Gasteiger partial charge in [0.1, 0.15) is 11.3 Å². The van der Waals surface area contributed by atoms with Crippen molar-refractivity contribution in [3.8, 4) is 0 Å². The summed E-state index contributed by atoms with van der Waals surface area (Å²) in [6, 6.07) is 1.96. The molecule has 1 N–H and O–H groups in total. The molecule has 0 saturated heterocycles. The van der Waals surface area contributed by atoms with Crippen LogP contribution >= 0.6 is 27.3 Å². The molecule has 2 heterocycles. The van der Waals surface area contributed by atoms with Crippen LogP contribution in [0.4, 0.5) is 0 Å². The Morgan fingerprint density at radius 1 is 1.69 bits per heavy atom. The van der Waals surface area contributed by atoms with Crippen LogP contribution < -0.4 is 5.32 Å². The van der Waals surface area contributed by atoms with Crippen LogP contribution in [0, 0.1) is 6.92 Å². The third-order valence-electron chi connectivity index (χ3n) is 2.10. The minimum absolute atomic E-state index is 0.168. The van der Waals surface area contributed by atoms with Crippen LogP contribution in [0.25, 0.3) is 0 Å². The second kappa shape index (κ2) is 4.80. The molecule has 0 aromatic carbocycles. The van der Waals surface area contributed by atoms with Crippen molar-refractivity contribution < 1.29 is 9.32 Å². The fourth-order valence-electron chi connectivity index (χ4n) is 1.22. The average molecular weight is 301 g/mol. The van der Waals surface area contributed by atoms with Crippen LogP contribution in [0.15, 0.2) is 26.6 Å². The Morgan fingerprint density at radius 2 is 2.50 bits per heavy atom. The van der Waals surface area contributed by atoms with Crippen LogP contribution in [-0.4, -0.2) is 11.1 Å². The molecule has 0 bridgehead atoms. The summed E-state index contributed by atoms with van der Waals surface area (Å²) in [6.45, 7) is 2.21. The van der Waals surface area contributed by atoms with Gasteiger partial charge in [-0.2, -0.15) is 0 Å². The predicted molar refractivity (Wildman–Crippen MR) is 64.4 cm³/mol. The van der Waals surface area contributed by atoms with Crippen molar-refractivity contribution >= 4 is 33.2 Å². The number of aryl methyl sites for hydroxylation is 1. The van der Waals surface area contributed by atoms with Gasteiger partial charge in [0.05, 0.1) is 12.7 Å². The van der Waals surface area contributed by atoms with Crippen molar-refractivity contribution in [3.63, 3.8) is 0 Å². The minimum Gasteiger partial charge on any atom is -0.361 e. The molecule has 0 atom stereocenters. The van der Waals surface area contributed by atoms with Gasteiger partial charge in [0, 0.05) is 9.35 Å². The molecule has 0 aliphatic rings. The number of rotatable bonds is 3. The van der Waals surface area contributed by atoms with E-state index in [1.807, 2.05) is 11.4 Å². The lowest BCUT2D eigenvalue weighted by Crippen LogP contribution is -2.22. The van der Waals surface area contributed by atoms with E-state index in [9.17, 15) is 4.79 Å². The van der Waals surface area contributed by atoms with E-state index >= 15 is 0 Å². The van der Waals surface area contributed by atoms with Crippen LogP contribution in [0.3, 0.4) is 0 Å². The van der Waals surface area contributed by atoms with Crippen LogP contribution in [0.1, 0.15) is 21.0 Å². The zero-order chi connectivity index (χ0) is 11.5. The first-order chi connectivity index (χ1) is 7.68. The summed E-state index contributed by atoms with van der Waals surface area (Å²) in [7, 11) is 0. The van der Waals surface area contributed by atoms with Gasteiger partial charge in [-0.3, -0.25) is 4.79 Å². The van der Waals surface area contributed by atoms with Crippen LogP contribution in [0.2, 0.25) is 0 Å². The Kier molecular flexibility index (Phi) is 3.40. The maximum absolute atomic E-state index is 11.7. The number of aromatic nitrogens is 1. The number of hydrogen-bond acceptors (Lipinski definition) is 4. The summed E-state index contributed by atoms with van der Waals surface area (Å²) < 4.78 is 5.84. The Morgan fingerprint density at radius 3 is 3.06 bits per heavy atom. The Hall–Kier alpha value is -1.14. The lowest BCUT2D eigenvalue weighted by Gasteiger charge is -2.02. The number of carbonyl (C=O) groups is 1. The molecular formula is C10H9BrN2O2S. The predicted octanol–water partition coefficient (Wildman–Crippen LogP) is 2.74. The third-order valence-corrected chi connectivity index (χ3v) is 4.02. The van der Waals surface area contributed by atoms with E-state index in [0.717, 1.165) is 9.35 Å². The normalized spacial score (nSPS) is 10.4. The molecule has 0 fully saturated rings. The quantitative estimate of drug-likeness (QED) is 0.948. The molecule has 0 radical (unpaired) electrons. The maximum atomic E-state index is 11.7. The smallest absolute Gasteiger partial charge is 0.256 e. The number of amides is 1. The minimum atomic E-state index is -0.168. The van der Waals surface area contributed by atoms with Gasteiger partial charge < -0.3 is 9.84 Å². The highest BCUT2D eigenvalue weighted by atomic mass is 79.9. The number of halogens is 1. The van der Waals surface area contributed by atoms with Crippen molar-refractivity contribution in [2.24, 2.45) is 0 Å². The topological polar surface area (TPSA) is 55.1 Å². The largest absolute Gasteiger partial charge is 0.361 e. The molecule has 0 unspecified atom stereocenters. The van der Waals surface area contributed by atoms with E-state index in [1.54, 1.807) is 18.3 Å². The second-order valence-electron chi connectivity index (χ2n) is 3.17. The van der Waals surface area contributed by atoms with Gasteiger partial charge in [-0.1, -0.05) is 5.16 Å². The highest BCUT2D eigenvalue weighted by Crippen LogP contribution is 2.22. The second-order valence-corrected chi connectivity index (χ2v) is 5.03. The SMILES string of the molecule is Cc1oncc1C(=O)NCc1sccc1Br. The molecule has 16 heavy (non-hydrogen) atoms. The lowest BCUT2D eigenvalue weighted by molar-refractivity contribution is 0.0949. The molecule has 0 aliphatic carbocycles. The Balaban J connectivity index is 1.99. The van der Waals surface area contributed by atoms with Gasteiger partial charge in [-0.05, 0) is 34.3 Å². The van der Waals surface area contributed by atoms with Gasteiger partial charge in [0.15, 0.2) is 0 Å². The van der Waals surface area contributed by atoms with Crippen molar-refractivity contribution in [1.82, 2.24) is 10.5 Å². The van der Waals surface area contributed by atoms with Gasteiger partial charge in [-0.25, -0.2) is 0 Å². The number of thiophene rings is 1. The molecule has 1 amide bonds. The number of hydrogen-bond donors (Lipinski definition) is 1.